The van der Waals surface area contributed by atoms with Crippen LogP contribution in [0.4, 0.5) is 8.78 Å². The molecule has 1 fully saturated rings. The first-order chi connectivity index (χ1) is 16.9. The Morgan fingerprint density at radius 1 is 0.806 bits per heavy atom. The monoisotopic (exact) mass is 514 g/mol. The average Bonchev–Trinajstić information content (AvgIpc) is 3.01. The first-order valence-corrected chi connectivity index (χ1v) is 12.0. The second-order valence-corrected chi connectivity index (χ2v) is 9.37. The second-order valence-electron chi connectivity index (χ2n) is 9.37. The van der Waals surface area contributed by atoms with E-state index in [0.717, 1.165) is 48.4 Å². The van der Waals surface area contributed by atoms with Crippen LogP contribution in [0.2, 0.25) is 0 Å². The molecular formula is C29H33ClF2N2O2. The molecule has 36 heavy (non-hydrogen) atoms. The quantitative estimate of drug-likeness (QED) is 0.400. The topological polar surface area (TPSA) is 32.8 Å². The highest BCUT2D eigenvalue weighted by Crippen LogP contribution is 2.30. The van der Waals surface area contributed by atoms with Gasteiger partial charge in [-0.3, -0.25) is 14.6 Å². The van der Waals surface area contributed by atoms with Gasteiger partial charge in [-0.15, -0.1) is 12.4 Å². The maximum atomic E-state index is 13.6. The van der Waals surface area contributed by atoms with Gasteiger partial charge in [-0.1, -0.05) is 50.2 Å². The van der Waals surface area contributed by atoms with Gasteiger partial charge in [0.1, 0.15) is 11.6 Å². The van der Waals surface area contributed by atoms with Gasteiger partial charge < -0.3 is 4.74 Å². The zero-order valence-corrected chi connectivity index (χ0v) is 21.7. The fourth-order valence-electron chi connectivity index (χ4n) is 4.66. The van der Waals surface area contributed by atoms with E-state index in [1.54, 1.807) is 24.3 Å². The van der Waals surface area contributed by atoms with Crippen LogP contribution in [0.15, 0.2) is 71.5 Å². The van der Waals surface area contributed by atoms with Crippen molar-refractivity contribution < 1.29 is 13.5 Å². The molecule has 0 aromatic heterocycles. The number of piperazine rings is 1. The van der Waals surface area contributed by atoms with Crippen molar-refractivity contribution in [1.82, 2.24) is 9.80 Å². The molecule has 3 aromatic rings. The van der Waals surface area contributed by atoms with Crippen LogP contribution in [0.5, 0.6) is 5.75 Å². The van der Waals surface area contributed by atoms with Gasteiger partial charge in [-0.25, -0.2) is 8.78 Å². The highest BCUT2D eigenvalue weighted by atomic mass is 35.5. The summed E-state index contributed by atoms with van der Waals surface area (Å²) >= 11 is 0. The number of nitrogens with zero attached hydrogens (tertiary/aromatic N) is 2. The summed E-state index contributed by atoms with van der Waals surface area (Å²) in [5.41, 5.74) is 3.65. The zero-order valence-electron chi connectivity index (χ0n) is 20.9. The lowest BCUT2D eigenvalue weighted by molar-refractivity contribution is 0.104. The summed E-state index contributed by atoms with van der Waals surface area (Å²) in [6.45, 7) is 7.81. The lowest BCUT2D eigenvalue weighted by Gasteiger charge is -2.39. The predicted molar refractivity (Wildman–Crippen MR) is 142 cm³/mol. The van der Waals surface area contributed by atoms with E-state index in [4.69, 9.17) is 4.74 Å². The first-order valence-electron chi connectivity index (χ1n) is 12.0. The van der Waals surface area contributed by atoms with Crippen LogP contribution in [0, 0.1) is 11.6 Å². The van der Waals surface area contributed by atoms with E-state index in [9.17, 15) is 13.6 Å². The minimum absolute atomic E-state index is 0. The van der Waals surface area contributed by atoms with E-state index in [0.29, 0.717) is 18.2 Å². The number of halogens is 3. The van der Waals surface area contributed by atoms with Crippen molar-refractivity contribution >= 4 is 12.4 Å². The smallest absolute Gasteiger partial charge is 0.224 e. The van der Waals surface area contributed by atoms with Crippen LogP contribution < -0.4 is 10.2 Å². The standard InChI is InChI=1S/C29H32F2N2O2.ClH/c1-20(2)23-4-5-24(29(34)27(18-23)35-3)19-32-14-16-33(17-15-32)28(21-6-10-25(30)11-7-21)22-8-12-26(31)13-9-22;/h4-13,18,20,28H,14-17,19H2,1-3H3;1H. The van der Waals surface area contributed by atoms with E-state index >= 15 is 0 Å². The predicted octanol–water partition coefficient (Wildman–Crippen LogP) is 5.79. The Balaban J connectivity index is 0.00000361. The normalized spacial score (nSPS) is 14.6. The minimum Gasteiger partial charge on any atom is -0.493 e. The van der Waals surface area contributed by atoms with Crippen molar-refractivity contribution in [2.75, 3.05) is 33.3 Å². The van der Waals surface area contributed by atoms with Crippen molar-refractivity contribution in [1.29, 1.82) is 0 Å². The number of methoxy groups -OCH3 is 1. The largest absolute Gasteiger partial charge is 0.493 e. The highest BCUT2D eigenvalue weighted by molar-refractivity contribution is 5.85. The Hall–Kier alpha value is -2.80. The van der Waals surface area contributed by atoms with Crippen LogP contribution in [0.1, 0.15) is 48.1 Å². The summed E-state index contributed by atoms with van der Waals surface area (Å²) in [6.07, 6.45) is 0. The van der Waals surface area contributed by atoms with E-state index < -0.39 is 0 Å². The van der Waals surface area contributed by atoms with E-state index in [-0.39, 0.29) is 35.5 Å². The molecule has 1 aliphatic rings. The zero-order chi connectivity index (χ0) is 24.9. The molecule has 4 rings (SSSR count). The summed E-state index contributed by atoms with van der Waals surface area (Å²) < 4.78 is 32.6. The van der Waals surface area contributed by atoms with Gasteiger partial charge in [0.25, 0.3) is 0 Å². The summed E-state index contributed by atoms with van der Waals surface area (Å²) in [7, 11) is 1.54. The molecule has 192 valence electrons. The summed E-state index contributed by atoms with van der Waals surface area (Å²) in [6, 6.07) is 18.7. The van der Waals surface area contributed by atoms with E-state index in [1.807, 2.05) is 18.2 Å². The fraction of sp³-hybridized carbons (Fsp3) is 0.345. The van der Waals surface area contributed by atoms with E-state index in [1.165, 1.54) is 31.4 Å². The number of hydrogen-bond acceptors (Lipinski definition) is 4. The molecule has 1 aliphatic heterocycles. The minimum atomic E-state index is -0.281. The Labute approximate surface area is 217 Å². The molecule has 3 aromatic carbocycles. The third-order valence-electron chi connectivity index (χ3n) is 6.71. The van der Waals surface area contributed by atoms with Crippen LogP contribution in [0.25, 0.3) is 0 Å². The average molecular weight is 515 g/mol. The van der Waals surface area contributed by atoms with Gasteiger partial charge in [-0.2, -0.15) is 0 Å². The molecule has 0 radical (unpaired) electrons. The molecule has 0 saturated carbocycles. The first kappa shape index (κ1) is 27.8. The Morgan fingerprint density at radius 2 is 1.31 bits per heavy atom. The van der Waals surface area contributed by atoms with Gasteiger partial charge >= 0.3 is 0 Å². The second kappa shape index (κ2) is 12.4. The van der Waals surface area contributed by atoms with Crippen molar-refractivity contribution in [3.63, 3.8) is 0 Å². The number of ether oxygens (including phenoxy) is 1. The lowest BCUT2D eigenvalue weighted by Crippen LogP contribution is -2.47. The van der Waals surface area contributed by atoms with E-state index in [2.05, 4.69) is 23.6 Å². The molecular weight excluding hydrogens is 482 g/mol. The van der Waals surface area contributed by atoms with Gasteiger partial charge in [-0.05, 0) is 52.9 Å². The van der Waals surface area contributed by atoms with Crippen LogP contribution in [-0.2, 0) is 6.54 Å². The summed E-state index contributed by atoms with van der Waals surface area (Å²) in [4.78, 5) is 17.6. The van der Waals surface area contributed by atoms with Crippen molar-refractivity contribution in [3.8, 4) is 5.75 Å². The van der Waals surface area contributed by atoms with Crippen molar-refractivity contribution in [2.45, 2.75) is 32.4 Å². The van der Waals surface area contributed by atoms with Crippen molar-refractivity contribution in [3.05, 3.63) is 111 Å². The molecule has 0 amide bonds. The number of rotatable bonds is 7. The molecule has 0 bridgehead atoms. The van der Waals surface area contributed by atoms with Crippen LogP contribution in [0.3, 0.4) is 0 Å². The lowest BCUT2D eigenvalue weighted by atomic mass is 9.96. The molecule has 7 heteroatoms. The maximum absolute atomic E-state index is 13.6. The number of hydrogen-bond donors (Lipinski definition) is 0. The molecule has 0 aliphatic carbocycles. The maximum Gasteiger partial charge on any atom is 0.224 e. The summed E-state index contributed by atoms with van der Waals surface area (Å²) in [5.74, 6) is 0.107. The Kier molecular flexibility index (Phi) is 9.60. The summed E-state index contributed by atoms with van der Waals surface area (Å²) in [5, 5.41) is 0. The van der Waals surface area contributed by atoms with Gasteiger partial charge in [0.15, 0.2) is 5.75 Å². The molecule has 4 nitrogen and oxygen atoms in total. The van der Waals surface area contributed by atoms with Gasteiger partial charge in [0, 0.05) is 38.3 Å². The molecule has 0 unspecified atom stereocenters. The SMILES string of the molecule is COc1cc(C(C)C)ccc(CN2CCN(C(c3ccc(F)cc3)c3ccc(F)cc3)CC2)c1=O.Cl. The Morgan fingerprint density at radius 3 is 1.78 bits per heavy atom. The third-order valence-corrected chi connectivity index (χ3v) is 6.71. The molecule has 1 saturated heterocycles. The third kappa shape index (κ3) is 6.49. The number of benzene rings is 2. The van der Waals surface area contributed by atoms with Gasteiger partial charge in [0.2, 0.25) is 5.43 Å². The highest BCUT2D eigenvalue weighted by Gasteiger charge is 2.27. The van der Waals surface area contributed by atoms with Crippen LogP contribution in [-0.4, -0.2) is 43.1 Å². The van der Waals surface area contributed by atoms with Crippen molar-refractivity contribution in [2.24, 2.45) is 0 Å². The molecule has 0 atom stereocenters. The Bertz CT molecular complexity index is 1150. The molecule has 1 heterocycles. The molecule has 0 spiro atoms. The van der Waals surface area contributed by atoms with Crippen LogP contribution >= 0.6 is 12.4 Å². The van der Waals surface area contributed by atoms with Gasteiger partial charge in [0.05, 0.1) is 13.2 Å². The molecule has 0 N–H and O–H groups in total. The fourth-order valence-corrected chi connectivity index (χ4v) is 4.66.